The molecule has 1 amide bonds. The van der Waals surface area contributed by atoms with Crippen LogP contribution in [0.25, 0.3) is 0 Å². The lowest BCUT2D eigenvalue weighted by Crippen LogP contribution is -2.48. The summed E-state index contributed by atoms with van der Waals surface area (Å²) in [5.74, 6) is -0.786. The minimum absolute atomic E-state index is 0.0712. The lowest BCUT2D eigenvalue weighted by atomic mass is 9.73. The molecule has 2 rings (SSSR count). The van der Waals surface area contributed by atoms with E-state index >= 15 is 0 Å². The molecule has 0 saturated carbocycles. The summed E-state index contributed by atoms with van der Waals surface area (Å²) >= 11 is 0. The van der Waals surface area contributed by atoms with Gasteiger partial charge in [-0.05, 0) is 56.6 Å². The van der Waals surface area contributed by atoms with E-state index in [1.807, 2.05) is 32.9 Å². The highest BCUT2D eigenvalue weighted by Gasteiger charge is 2.43. The zero-order chi connectivity index (χ0) is 20.5. The summed E-state index contributed by atoms with van der Waals surface area (Å²) in [4.78, 5) is 25.9. The third-order valence-electron chi connectivity index (χ3n) is 5.19. The minimum Gasteiger partial charge on any atom is -0.481 e. The van der Waals surface area contributed by atoms with Gasteiger partial charge in [0.05, 0.1) is 5.41 Å². The fourth-order valence-corrected chi connectivity index (χ4v) is 3.42. The number of amides is 1. The van der Waals surface area contributed by atoms with Gasteiger partial charge in [-0.2, -0.15) is 0 Å². The summed E-state index contributed by atoms with van der Waals surface area (Å²) < 4.78 is 5.41. The largest absolute Gasteiger partial charge is 0.481 e. The van der Waals surface area contributed by atoms with Gasteiger partial charge in [0.25, 0.3) is 0 Å². The van der Waals surface area contributed by atoms with Crippen LogP contribution < -0.4 is 0 Å². The van der Waals surface area contributed by atoms with Gasteiger partial charge in [0, 0.05) is 13.1 Å². The van der Waals surface area contributed by atoms with Crippen LogP contribution in [-0.4, -0.2) is 40.8 Å². The first-order valence-corrected chi connectivity index (χ1v) is 9.63. The van der Waals surface area contributed by atoms with Gasteiger partial charge in [-0.25, -0.2) is 4.79 Å². The Morgan fingerprint density at radius 3 is 1.96 bits per heavy atom. The number of hydrogen-bond acceptors (Lipinski definition) is 3. The Labute approximate surface area is 162 Å². The Kier molecular flexibility index (Phi) is 5.93. The van der Waals surface area contributed by atoms with E-state index in [4.69, 9.17) is 4.74 Å². The van der Waals surface area contributed by atoms with E-state index < -0.39 is 17.0 Å². The van der Waals surface area contributed by atoms with E-state index in [9.17, 15) is 14.7 Å². The van der Waals surface area contributed by atoms with Crippen LogP contribution in [-0.2, 0) is 21.4 Å². The SMILES string of the molecule is CC(C)(C)OC(=O)N1CCC(Cc2ccc(C(C)(C)C)cc2)(C(=O)O)CC1. The summed E-state index contributed by atoms with van der Waals surface area (Å²) in [6, 6.07) is 8.23. The van der Waals surface area contributed by atoms with Crippen molar-refractivity contribution < 1.29 is 19.4 Å². The van der Waals surface area contributed by atoms with Crippen molar-refractivity contribution in [3.63, 3.8) is 0 Å². The lowest BCUT2D eigenvalue weighted by Gasteiger charge is -2.39. The van der Waals surface area contributed by atoms with Crippen molar-refractivity contribution in [2.75, 3.05) is 13.1 Å². The fraction of sp³-hybridized carbons (Fsp3) is 0.636. The van der Waals surface area contributed by atoms with Crippen LogP contribution in [0.3, 0.4) is 0 Å². The molecule has 5 heteroatoms. The van der Waals surface area contributed by atoms with Gasteiger partial charge < -0.3 is 14.7 Å². The van der Waals surface area contributed by atoms with Crippen molar-refractivity contribution in [3.05, 3.63) is 35.4 Å². The van der Waals surface area contributed by atoms with Crippen LogP contribution in [0.4, 0.5) is 4.79 Å². The normalized spacial score (nSPS) is 17.5. The van der Waals surface area contributed by atoms with Crippen molar-refractivity contribution in [1.82, 2.24) is 4.90 Å². The number of carbonyl (C=O) groups is 2. The molecule has 0 bridgehead atoms. The molecule has 1 aliphatic heterocycles. The molecule has 0 unspecified atom stereocenters. The number of likely N-dealkylation sites (tertiary alicyclic amines) is 1. The molecule has 1 fully saturated rings. The highest BCUT2D eigenvalue weighted by Crippen LogP contribution is 2.36. The van der Waals surface area contributed by atoms with E-state index in [-0.39, 0.29) is 11.5 Å². The van der Waals surface area contributed by atoms with E-state index in [0.717, 1.165) is 5.56 Å². The Morgan fingerprint density at radius 2 is 1.56 bits per heavy atom. The molecule has 150 valence electrons. The van der Waals surface area contributed by atoms with Gasteiger partial charge in [-0.1, -0.05) is 45.0 Å². The summed E-state index contributed by atoms with van der Waals surface area (Å²) in [6.07, 6.45) is 0.983. The molecule has 27 heavy (non-hydrogen) atoms. The van der Waals surface area contributed by atoms with E-state index in [1.165, 1.54) is 5.56 Å². The van der Waals surface area contributed by atoms with Gasteiger partial charge in [0.15, 0.2) is 0 Å². The van der Waals surface area contributed by atoms with Crippen molar-refractivity contribution >= 4 is 12.1 Å². The Bertz CT molecular complexity index is 672. The number of nitrogens with zero attached hydrogens (tertiary/aromatic N) is 1. The highest BCUT2D eigenvalue weighted by atomic mass is 16.6. The molecular formula is C22H33NO4. The van der Waals surface area contributed by atoms with Gasteiger partial charge in [-0.15, -0.1) is 0 Å². The maximum Gasteiger partial charge on any atom is 0.410 e. The molecule has 1 N–H and O–H groups in total. The van der Waals surface area contributed by atoms with Crippen LogP contribution in [0.15, 0.2) is 24.3 Å². The summed E-state index contributed by atoms with van der Waals surface area (Å²) in [5, 5.41) is 9.91. The highest BCUT2D eigenvalue weighted by molar-refractivity contribution is 5.76. The number of carboxylic acids is 1. The number of benzene rings is 1. The maximum atomic E-state index is 12.2. The first-order valence-electron chi connectivity index (χ1n) is 9.63. The number of piperidine rings is 1. The lowest BCUT2D eigenvalue weighted by molar-refractivity contribution is -0.152. The predicted octanol–water partition coefficient (Wildman–Crippen LogP) is 4.63. The summed E-state index contributed by atoms with van der Waals surface area (Å²) in [7, 11) is 0. The van der Waals surface area contributed by atoms with Gasteiger partial charge in [-0.3, -0.25) is 4.79 Å². The van der Waals surface area contributed by atoms with Crippen molar-refractivity contribution in [3.8, 4) is 0 Å². The van der Waals surface area contributed by atoms with Crippen LogP contribution in [0, 0.1) is 5.41 Å². The Balaban J connectivity index is 2.08. The average Bonchev–Trinajstić information content (AvgIpc) is 2.53. The van der Waals surface area contributed by atoms with Crippen molar-refractivity contribution in [1.29, 1.82) is 0 Å². The number of aliphatic carboxylic acids is 1. The molecule has 0 spiro atoms. The molecule has 5 nitrogen and oxygen atoms in total. The topological polar surface area (TPSA) is 66.8 Å². The number of carboxylic acid groups (broad SMARTS) is 1. The maximum absolute atomic E-state index is 12.2. The number of ether oxygens (including phenoxy) is 1. The second-order valence-electron chi connectivity index (χ2n) is 9.68. The van der Waals surface area contributed by atoms with Crippen LogP contribution >= 0.6 is 0 Å². The first-order chi connectivity index (χ1) is 12.3. The first kappa shape index (κ1) is 21.3. The van der Waals surface area contributed by atoms with E-state index in [0.29, 0.717) is 32.4 Å². The van der Waals surface area contributed by atoms with Crippen LogP contribution in [0.5, 0.6) is 0 Å². The molecule has 0 radical (unpaired) electrons. The minimum atomic E-state index is -0.832. The number of carbonyl (C=O) groups excluding carboxylic acids is 1. The smallest absolute Gasteiger partial charge is 0.410 e. The average molecular weight is 376 g/mol. The molecular weight excluding hydrogens is 342 g/mol. The fourth-order valence-electron chi connectivity index (χ4n) is 3.42. The van der Waals surface area contributed by atoms with Crippen LogP contribution in [0.1, 0.15) is 65.5 Å². The number of rotatable bonds is 3. The third-order valence-corrected chi connectivity index (χ3v) is 5.19. The van der Waals surface area contributed by atoms with Gasteiger partial charge >= 0.3 is 12.1 Å². The van der Waals surface area contributed by atoms with Crippen molar-refractivity contribution in [2.24, 2.45) is 5.41 Å². The monoisotopic (exact) mass is 375 g/mol. The standard InChI is InChI=1S/C22H33NO4/c1-20(2,3)17-9-7-16(8-10-17)15-22(18(24)25)11-13-23(14-12-22)19(26)27-21(4,5)6/h7-10H,11-15H2,1-6H3,(H,24,25). The van der Waals surface area contributed by atoms with Gasteiger partial charge in [0.1, 0.15) is 5.60 Å². The quantitative estimate of drug-likeness (QED) is 0.836. The van der Waals surface area contributed by atoms with E-state index in [2.05, 4.69) is 32.9 Å². The molecule has 0 atom stereocenters. The molecule has 1 saturated heterocycles. The molecule has 1 heterocycles. The molecule has 0 aliphatic carbocycles. The Morgan fingerprint density at radius 1 is 1.04 bits per heavy atom. The Hall–Kier alpha value is -2.04. The molecule has 1 aliphatic rings. The van der Waals surface area contributed by atoms with Crippen LogP contribution in [0.2, 0.25) is 0 Å². The zero-order valence-corrected chi connectivity index (χ0v) is 17.5. The molecule has 0 aromatic heterocycles. The molecule has 1 aromatic rings. The zero-order valence-electron chi connectivity index (χ0n) is 17.5. The third kappa shape index (κ3) is 5.47. The molecule has 1 aromatic carbocycles. The second kappa shape index (κ2) is 7.53. The second-order valence-corrected chi connectivity index (χ2v) is 9.68. The summed E-state index contributed by atoms with van der Waals surface area (Å²) in [6.45, 7) is 12.8. The van der Waals surface area contributed by atoms with Gasteiger partial charge in [0.2, 0.25) is 0 Å². The summed E-state index contributed by atoms with van der Waals surface area (Å²) in [5.41, 5.74) is 0.947. The predicted molar refractivity (Wildman–Crippen MR) is 106 cm³/mol. The van der Waals surface area contributed by atoms with Crippen molar-refractivity contribution in [2.45, 2.75) is 71.8 Å². The van der Waals surface area contributed by atoms with E-state index in [1.54, 1.807) is 4.90 Å². The number of hydrogen-bond donors (Lipinski definition) is 1.